The first-order chi connectivity index (χ1) is 11.6. The Morgan fingerprint density at radius 3 is 2.64 bits per heavy atom. The lowest BCUT2D eigenvalue weighted by atomic mass is 10.0. The first-order valence-corrected chi connectivity index (χ1v) is 8.52. The number of carbonyl (C=O) groups is 2. The molecule has 1 aromatic carbocycles. The molecule has 7 heteroatoms. The highest BCUT2D eigenvalue weighted by Crippen LogP contribution is 2.33. The number of carbonyl (C=O) groups excluding carboxylic acids is 2. The van der Waals surface area contributed by atoms with Crippen LogP contribution in [0, 0.1) is 5.92 Å². The third kappa shape index (κ3) is 4.07. The standard InChI is InChI=1S/C18H25N3O3.ClH/c1-20(14-7-9-19-10-8-14)18(23)13-11-17(22)21(12-13)15-5-3-4-6-16(15)24-2;/h3-6,13-14,19H,7-12H2,1-2H3;1H. The Bertz CT molecular complexity index is 619. The van der Waals surface area contributed by atoms with Crippen molar-refractivity contribution in [2.75, 3.05) is 38.7 Å². The summed E-state index contributed by atoms with van der Waals surface area (Å²) in [4.78, 5) is 28.8. The summed E-state index contributed by atoms with van der Waals surface area (Å²) in [6, 6.07) is 7.71. The van der Waals surface area contributed by atoms with Crippen molar-refractivity contribution in [2.24, 2.45) is 5.92 Å². The van der Waals surface area contributed by atoms with Crippen molar-refractivity contribution in [3.8, 4) is 5.75 Å². The fraction of sp³-hybridized carbons (Fsp3) is 0.556. The molecule has 0 aliphatic carbocycles. The molecule has 2 fully saturated rings. The molecule has 1 N–H and O–H groups in total. The summed E-state index contributed by atoms with van der Waals surface area (Å²) in [5.74, 6) is 0.442. The maximum absolute atomic E-state index is 12.8. The molecule has 25 heavy (non-hydrogen) atoms. The van der Waals surface area contributed by atoms with Crippen molar-refractivity contribution in [3.05, 3.63) is 24.3 Å². The minimum absolute atomic E-state index is 0. The monoisotopic (exact) mass is 367 g/mol. The number of hydrogen-bond acceptors (Lipinski definition) is 4. The van der Waals surface area contributed by atoms with E-state index in [1.807, 2.05) is 36.2 Å². The van der Waals surface area contributed by atoms with Crippen LogP contribution in [0.15, 0.2) is 24.3 Å². The summed E-state index contributed by atoms with van der Waals surface area (Å²) in [5.41, 5.74) is 0.741. The van der Waals surface area contributed by atoms with Gasteiger partial charge in [0.05, 0.1) is 18.7 Å². The number of para-hydroxylation sites is 2. The van der Waals surface area contributed by atoms with Crippen LogP contribution in [0.5, 0.6) is 5.75 Å². The fourth-order valence-corrected chi connectivity index (χ4v) is 3.62. The second-order valence-corrected chi connectivity index (χ2v) is 6.51. The van der Waals surface area contributed by atoms with Gasteiger partial charge in [0, 0.05) is 26.1 Å². The van der Waals surface area contributed by atoms with Crippen LogP contribution in [0.4, 0.5) is 5.69 Å². The highest BCUT2D eigenvalue weighted by Gasteiger charge is 2.38. The van der Waals surface area contributed by atoms with E-state index >= 15 is 0 Å². The third-order valence-corrected chi connectivity index (χ3v) is 5.05. The average Bonchev–Trinajstić information content (AvgIpc) is 3.02. The zero-order valence-electron chi connectivity index (χ0n) is 14.7. The molecule has 0 saturated carbocycles. The number of amides is 2. The van der Waals surface area contributed by atoms with Crippen LogP contribution in [0.3, 0.4) is 0 Å². The molecule has 1 aromatic rings. The molecule has 0 bridgehead atoms. The number of anilines is 1. The van der Waals surface area contributed by atoms with Gasteiger partial charge < -0.3 is 19.9 Å². The molecular weight excluding hydrogens is 342 g/mol. The van der Waals surface area contributed by atoms with Crippen LogP contribution < -0.4 is 15.0 Å². The Morgan fingerprint density at radius 1 is 1.28 bits per heavy atom. The summed E-state index contributed by atoms with van der Waals surface area (Å²) >= 11 is 0. The summed E-state index contributed by atoms with van der Waals surface area (Å²) in [6.07, 6.45) is 2.21. The van der Waals surface area contributed by atoms with Gasteiger partial charge in [-0.15, -0.1) is 12.4 Å². The Labute approximate surface area is 154 Å². The molecule has 2 aliphatic rings. The molecule has 1 unspecified atom stereocenters. The van der Waals surface area contributed by atoms with Crippen LogP contribution in [0.1, 0.15) is 19.3 Å². The van der Waals surface area contributed by atoms with Crippen molar-refractivity contribution in [2.45, 2.75) is 25.3 Å². The quantitative estimate of drug-likeness (QED) is 0.879. The molecule has 2 saturated heterocycles. The summed E-state index contributed by atoms with van der Waals surface area (Å²) < 4.78 is 5.35. The first-order valence-electron chi connectivity index (χ1n) is 8.52. The summed E-state index contributed by atoms with van der Waals surface area (Å²) in [6.45, 7) is 2.31. The van der Waals surface area contributed by atoms with Crippen LogP contribution in [-0.4, -0.2) is 56.5 Å². The minimum Gasteiger partial charge on any atom is -0.495 e. The van der Waals surface area contributed by atoms with Crippen LogP contribution in [0.25, 0.3) is 0 Å². The Balaban J connectivity index is 0.00000225. The number of nitrogens with zero attached hydrogens (tertiary/aromatic N) is 2. The Morgan fingerprint density at radius 2 is 1.96 bits per heavy atom. The lowest BCUT2D eigenvalue weighted by Crippen LogP contribution is -2.46. The van der Waals surface area contributed by atoms with E-state index < -0.39 is 0 Å². The van der Waals surface area contributed by atoms with Crippen molar-refractivity contribution in [1.82, 2.24) is 10.2 Å². The predicted octanol–water partition coefficient (Wildman–Crippen LogP) is 1.68. The number of ether oxygens (including phenoxy) is 1. The molecule has 3 rings (SSSR count). The molecule has 0 radical (unpaired) electrons. The zero-order chi connectivity index (χ0) is 17.1. The van der Waals surface area contributed by atoms with E-state index in [4.69, 9.17) is 4.74 Å². The topological polar surface area (TPSA) is 61.9 Å². The van der Waals surface area contributed by atoms with Gasteiger partial charge in [0.1, 0.15) is 5.75 Å². The second-order valence-electron chi connectivity index (χ2n) is 6.51. The highest BCUT2D eigenvalue weighted by atomic mass is 35.5. The van der Waals surface area contributed by atoms with Crippen LogP contribution >= 0.6 is 12.4 Å². The van der Waals surface area contributed by atoms with E-state index in [2.05, 4.69) is 5.32 Å². The van der Waals surface area contributed by atoms with Crippen molar-refractivity contribution in [1.29, 1.82) is 0 Å². The third-order valence-electron chi connectivity index (χ3n) is 5.05. The lowest BCUT2D eigenvalue weighted by molar-refractivity contribution is -0.137. The molecule has 2 heterocycles. The van der Waals surface area contributed by atoms with E-state index in [0.29, 0.717) is 12.3 Å². The van der Waals surface area contributed by atoms with E-state index in [1.54, 1.807) is 12.0 Å². The molecule has 2 aliphatic heterocycles. The van der Waals surface area contributed by atoms with Crippen molar-refractivity contribution < 1.29 is 14.3 Å². The van der Waals surface area contributed by atoms with E-state index in [1.165, 1.54) is 0 Å². The number of benzene rings is 1. The molecule has 2 amide bonds. The molecule has 0 spiro atoms. The van der Waals surface area contributed by atoms with Gasteiger partial charge in [0.2, 0.25) is 11.8 Å². The minimum atomic E-state index is -0.276. The number of methoxy groups -OCH3 is 1. The number of hydrogen-bond donors (Lipinski definition) is 1. The van der Waals surface area contributed by atoms with E-state index in [9.17, 15) is 9.59 Å². The smallest absolute Gasteiger partial charge is 0.228 e. The van der Waals surface area contributed by atoms with Gasteiger partial charge in [-0.3, -0.25) is 9.59 Å². The average molecular weight is 368 g/mol. The maximum Gasteiger partial charge on any atom is 0.228 e. The van der Waals surface area contributed by atoms with Gasteiger partial charge in [-0.25, -0.2) is 0 Å². The van der Waals surface area contributed by atoms with Gasteiger partial charge in [0.15, 0.2) is 0 Å². The number of nitrogens with one attached hydrogen (secondary N) is 1. The number of piperidine rings is 1. The maximum atomic E-state index is 12.8. The summed E-state index contributed by atoms with van der Waals surface area (Å²) in [5, 5.41) is 3.31. The molecule has 0 aromatic heterocycles. The molecule has 1 atom stereocenters. The predicted molar refractivity (Wildman–Crippen MR) is 99.4 cm³/mol. The normalized spacial score (nSPS) is 21.0. The van der Waals surface area contributed by atoms with E-state index in [-0.39, 0.29) is 42.6 Å². The van der Waals surface area contributed by atoms with Gasteiger partial charge in [-0.1, -0.05) is 12.1 Å². The van der Waals surface area contributed by atoms with Gasteiger partial charge in [-0.05, 0) is 38.1 Å². The fourth-order valence-electron chi connectivity index (χ4n) is 3.62. The van der Waals surface area contributed by atoms with Crippen molar-refractivity contribution in [3.63, 3.8) is 0 Å². The van der Waals surface area contributed by atoms with Gasteiger partial charge in [-0.2, -0.15) is 0 Å². The van der Waals surface area contributed by atoms with Crippen LogP contribution in [-0.2, 0) is 9.59 Å². The van der Waals surface area contributed by atoms with Crippen LogP contribution in [0.2, 0.25) is 0 Å². The molecule has 6 nitrogen and oxygen atoms in total. The van der Waals surface area contributed by atoms with Gasteiger partial charge in [0.25, 0.3) is 0 Å². The number of halogens is 1. The first kappa shape index (κ1) is 19.5. The largest absolute Gasteiger partial charge is 0.495 e. The van der Waals surface area contributed by atoms with Crippen molar-refractivity contribution >= 4 is 29.9 Å². The lowest BCUT2D eigenvalue weighted by Gasteiger charge is -2.33. The summed E-state index contributed by atoms with van der Waals surface area (Å²) in [7, 11) is 3.46. The van der Waals surface area contributed by atoms with Gasteiger partial charge >= 0.3 is 0 Å². The number of rotatable bonds is 4. The Kier molecular flexibility index (Phi) is 6.67. The second kappa shape index (κ2) is 8.54. The molecule has 138 valence electrons. The SMILES string of the molecule is COc1ccccc1N1CC(C(=O)N(C)C2CCNCC2)CC1=O.Cl. The Hall–Kier alpha value is -1.79. The zero-order valence-corrected chi connectivity index (χ0v) is 15.6. The molecular formula is C18H26ClN3O3. The highest BCUT2D eigenvalue weighted by molar-refractivity contribution is 6.01. The van der Waals surface area contributed by atoms with E-state index in [0.717, 1.165) is 31.6 Å².